The SMILES string of the molecule is CCC(O)CCNCC(=O)N1CCCC1. The molecular formula is C11H22N2O2. The highest BCUT2D eigenvalue weighted by molar-refractivity contribution is 5.78. The van der Waals surface area contributed by atoms with E-state index in [-0.39, 0.29) is 12.0 Å². The Labute approximate surface area is 91.6 Å². The smallest absolute Gasteiger partial charge is 0.236 e. The van der Waals surface area contributed by atoms with Gasteiger partial charge in [0.2, 0.25) is 5.91 Å². The number of likely N-dealkylation sites (tertiary alicyclic amines) is 1. The molecule has 0 aromatic heterocycles. The summed E-state index contributed by atoms with van der Waals surface area (Å²) >= 11 is 0. The van der Waals surface area contributed by atoms with E-state index in [0.717, 1.165) is 38.8 Å². The Hall–Kier alpha value is -0.610. The zero-order chi connectivity index (χ0) is 11.1. The number of hydrogen-bond acceptors (Lipinski definition) is 3. The maximum absolute atomic E-state index is 11.6. The summed E-state index contributed by atoms with van der Waals surface area (Å²) in [6, 6.07) is 0. The number of nitrogens with zero attached hydrogens (tertiary/aromatic N) is 1. The Kier molecular flexibility index (Phi) is 5.65. The molecule has 1 unspecified atom stereocenters. The van der Waals surface area contributed by atoms with Crippen LogP contribution in [0.3, 0.4) is 0 Å². The first-order chi connectivity index (χ1) is 7.24. The van der Waals surface area contributed by atoms with E-state index >= 15 is 0 Å². The van der Waals surface area contributed by atoms with Crippen molar-refractivity contribution in [3.63, 3.8) is 0 Å². The first-order valence-electron chi connectivity index (χ1n) is 5.90. The number of aliphatic hydroxyl groups is 1. The van der Waals surface area contributed by atoms with Gasteiger partial charge in [0.15, 0.2) is 0 Å². The molecule has 88 valence electrons. The largest absolute Gasteiger partial charge is 0.393 e. The highest BCUT2D eigenvalue weighted by atomic mass is 16.3. The van der Waals surface area contributed by atoms with E-state index in [0.29, 0.717) is 13.1 Å². The van der Waals surface area contributed by atoms with E-state index in [1.807, 2.05) is 11.8 Å². The molecule has 1 saturated heterocycles. The monoisotopic (exact) mass is 214 g/mol. The Morgan fingerprint density at radius 3 is 2.73 bits per heavy atom. The summed E-state index contributed by atoms with van der Waals surface area (Å²) in [5.74, 6) is 0.193. The second kappa shape index (κ2) is 6.80. The fourth-order valence-electron chi connectivity index (χ4n) is 1.75. The highest BCUT2D eigenvalue weighted by Crippen LogP contribution is 2.06. The lowest BCUT2D eigenvalue weighted by Gasteiger charge is -2.15. The van der Waals surface area contributed by atoms with E-state index < -0.39 is 0 Å². The third-order valence-electron chi connectivity index (χ3n) is 2.86. The van der Waals surface area contributed by atoms with Gasteiger partial charge < -0.3 is 15.3 Å². The second-order valence-electron chi connectivity index (χ2n) is 4.12. The van der Waals surface area contributed by atoms with Crippen molar-refractivity contribution in [2.75, 3.05) is 26.2 Å². The predicted octanol–water partition coefficient (Wildman–Crippen LogP) is 0.359. The third-order valence-corrected chi connectivity index (χ3v) is 2.86. The molecular weight excluding hydrogens is 192 g/mol. The van der Waals surface area contributed by atoms with Crippen LogP contribution in [0.15, 0.2) is 0 Å². The summed E-state index contributed by atoms with van der Waals surface area (Å²) in [7, 11) is 0. The molecule has 0 bridgehead atoms. The van der Waals surface area contributed by atoms with Gasteiger partial charge in [-0.3, -0.25) is 4.79 Å². The molecule has 0 aromatic rings. The summed E-state index contributed by atoms with van der Waals surface area (Å²) in [4.78, 5) is 13.5. The van der Waals surface area contributed by atoms with Gasteiger partial charge in [-0.1, -0.05) is 6.92 Å². The standard InChI is InChI=1S/C11H22N2O2/c1-2-10(14)5-6-12-9-11(15)13-7-3-4-8-13/h10,12,14H,2-9H2,1H3. The Balaban J connectivity index is 2.01. The summed E-state index contributed by atoms with van der Waals surface area (Å²) in [6.07, 6.45) is 3.55. The summed E-state index contributed by atoms with van der Waals surface area (Å²) in [5.41, 5.74) is 0. The van der Waals surface area contributed by atoms with Gasteiger partial charge in [0.1, 0.15) is 0 Å². The lowest BCUT2D eigenvalue weighted by molar-refractivity contribution is -0.129. The number of carbonyl (C=O) groups is 1. The molecule has 4 nitrogen and oxygen atoms in total. The Morgan fingerprint density at radius 2 is 2.13 bits per heavy atom. The van der Waals surface area contributed by atoms with E-state index in [2.05, 4.69) is 5.32 Å². The van der Waals surface area contributed by atoms with Gasteiger partial charge in [-0.25, -0.2) is 0 Å². The van der Waals surface area contributed by atoms with Crippen molar-refractivity contribution in [1.29, 1.82) is 0 Å². The van der Waals surface area contributed by atoms with E-state index in [9.17, 15) is 9.90 Å². The van der Waals surface area contributed by atoms with Gasteiger partial charge >= 0.3 is 0 Å². The molecule has 1 atom stereocenters. The van der Waals surface area contributed by atoms with Gasteiger partial charge in [0, 0.05) is 13.1 Å². The topological polar surface area (TPSA) is 52.6 Å². The van der Waals surface area contributed by atoms with E-state index in [1.165, 1.54) is 0 Å². The first-order valence-corrected chi connectivity index (χ1v) is 5.90. The van der Waals surface area contributed by atoms with Gasteiger partial charge in [-0.15, -0.1) is 0 Å². The van der Waals surface area contributed by atoms with E-state index in [4.69, 9.17) is 0 Å². The van der Waals surface area contributed by atoms with Crippen molar-refractivity contribution in [2.24, 2.45) is 0 Å². The van der Waals surface area contributed by atoms with Crippen LogP contribution in [0.4, 0.5) is 0 Å². The summed E-state index contributed by atoms with van der Waals surface area (Å²) in [5, 5.41) is 12.4. The van der Waals surface area contributed by atoms with Crippen molar-refractivity contribution in [3.8, 4) is 0 Å². The predicted molar refractivity (Wildman–Crippen MR) is 59.6 cm³/mol. The molecule has 4 heteroatoms. The average Bonchev–Trinajstić information content (AvgIpc) is 2.77. The van der Waals surface area contributed by atoms with Gasteiger partial charge in [0.05, 0.1) is 12.6 Å². The van der Waals surface area contributed by atoms with Gasteiger partial charge in [-0.2, -0.15) is 0 Å². The average molecular weight is 214 g/mol. The van der Waals surface area contributed by atoms with Crippen LogP contribution in [0.25, 0.3) is 0 Å². The second-order valence-corrected chi connectivity index (χ2v) is 4.12. The van der Waals surface area contributed by atoms with Crippen molar-refractivity contribution < 1.29 is 9.90 Å². The molecule has 0 spiro atoms. The van der Waals surface area contributed by atoms with Crippen molar-refractivity contribution >= 4 is 5.91 Å². The van der Waals surface area contributed by atoms with Crippen LogP contribution in [-0.2, 0) is 4.79 Å². The lowest BCUT2D eigenvalue weighted by Crippen LogP contribution is -2.37. The molecule has 1 heterocycles. The van der Waals surface area contributed by atoms with Crippen molar-refractivity contribution in [2.45, 2.75) is 38.7 Å². The molecule has 2 N–H and O–H groups in total. The number of carbonyl (C=O) groups excluding carboxylic acids is 1. The highest BCUT2D eigenvalue weighted by Gasteiger charge is 2.16. The van der Waals surface area contributed by atoms with Crippen LogP contribution in [0.1, 0.15) is 32.6 Å². The van der Waals surface area contributed by atoms with Crippen LogP contribution in [-0.4, -0.2) is 48.2 Å². The molecule has 1 amide bonds. The quantitative estimate of drug-likeness (QED) is 0.628. The minimum absolute atomic E-state index is 0.193. The maximum Gasteiger partial charge on any atom is 0.236 e. The minimum Gasteiger partial charge on any atom is -0.393 e. The molecule has 0 saturated carbocycles. The number of amides is 1. The number of nitrogens with one attached hydrogen (secondary N) is 1. The molecule has 1 rings (SSSR count). The van der Waals surface area contributed by atoms with Crippen LogP contribution < -0.4 is 5.32 Å². The van der Waals surface area contributed by atoms with Gasteiger partial charge in [0.25, 0.3) is 0 Å². The van der Waals surface area contributed by atoms with Crippen LogP contribution in [0.2, 0.25) is 0 Å². The zero-order valence-electron chi connectivity index (χ0n) is 9.54. The van der Waals surface area contributed by atoms with Crippen molar-refractivity contribution in [1.82, 2.24) is 10.2 Å². The summed E-state index contributed by atoms with van der Waals surface area (Å²) in [6.45, 7) is 4.92. The zero-order valence-corrected chi connectivity index (χ0v) is 9.54. The minimum atomic E-state index is -0.237. The van der Waals surface area contributed by atoms with Crippen LogP contribution in [0.5, 0.6) is 0 Å². The van der Waals surface area contributed by atoms with Crippen LogP contribution >= 0.6 is 0 Å². The fourth-order valence-corrected chi connectivity index (χ4v) is 1.75. The normalized spacial score (nSPS) is 18.1. The maximum atomic E-state index is 11.6. The van der Waals surface area contributed by atoms with E-state index in [1.54, 1.807) is 0 Å². The summed E-state index contributed by atoms with van der Waals surface area (Å²) < 4.78 is 0. The lowest BCUT2D eigenvalue weighted by atomic mass is 10.2. The first kappa shape index (κ1) is 12.5. The molecule has 0 aliphatic carbocycles. The number of aliphatic hydroxyl groups excluding tert-OH is 1. The molecule has 1 aliphatic heterocycles. The third kappa shape index (κ3) is 4.62. The molecule has 0 radical (unpaired) electrons. The van der Waals surface area contributed by atoms with Gasteiger partial charge in [-0.05, 0) is 32.2 Å². The number of hydrogen-bond donors (Lipinski definition) is 2. The van der Waals surface area contributed by atoms with Crippen LogP contribution in [0, 0.1) is 0 Å². The Bertz CT molecular complexity index is 191. The molecule has 15 heavy (non-hydrogen) atoms. The molecule has 1 fully saturated rings. The molecule has 0 aromatic carbocycles. The van der Waals surface area contributed by atoms with Crippen molar-refractivity contribution in [3.05, 3.63) is 0 Å². The fraction of sp³-hybridized carbons (Fsp3) is 0.909. The molecule has 1 aliphatic rings. The number of rotatable bonds is 6. The Morgan fingerprint density at radius 1 is 1.47 bits per heavy atom.